The molecule has 9 heteroatoms. The lowest BCUT2D eigenvalue weighted by atomic mass is 10.3. The third-order valence-corrected chi connectivity index (χ3v) is 4.90. The zero-order chi connectivity index (χ0) is 17.7. The summed E-state index contributed by atoms with van der Waals surface area (Å²) in [5, 5.41) is 2.67. The fourth-order valence-electron chi connectivity index (χ4n) is 1.86. The average Bonchev–Trinajstić information content (AvgIpc) is 3.36. The number of methoxy groups -OCH3 is 1. The van der Waals surface area contributed by atoms with Crippen LogP contribution in [-0.2, 0) is 24.3 Å². The molecule has 1 amide bonds. The van der Waals surface area contributed by atoms with E-state index in [2.05, 4.69) is 10.0 Å². The fourth-order valence-corrected chi connectivity index (χ4v) is 3.05. The van der Waals surface area contributed by atoms with E-state index < -0.39 is 34.5 Å². The van der Waals surface area contributed by atoms with Gasteiger partial charge in [0.25, 0.3) is 5.91 Å². The molecule has 1 aromatic carbocycles. The van der Waals surface area contributed by atoms with Gasteiger partial charge in [-0.3, -0.25) is 9.59 Å². The fraction of sp³-hybridized carbons (Fsp3) is 0.467. The van der Waals surface area contributed by atoms with E-state index >= 15 is 0 Å². The van der Waals surface area contributed by atoms with Gasteiger partial charge in [0.1, 0.15) is 11.8 Å². The Labute approximate surface area is 140 Å². The number of benzene rings is 1. The molecular formula is C15H20N2O6S. The molecule has 1 aliphatic carbocycles. The number of carbonyl (C=O) groups excluding carboxylic acids is 2. The summed E-state index contributed by atoms with van der Waals surface area (Å²) < 4.78 is 36.4. The third kappa shape index (κ3) is 5.20. The highest BCUT2D eigenvalue weighted by atomic mass is 32.2. The number of hydrogen-bond donors (Lipinski definition) is 2. The summed E-state index contributed by atoms with van der Waals surface area (Å²) in [7, 11) is -2.41. The first kappa shape index (κ1) is 18.2. The molecule has 1 atom stereocenters. The van der Waals surface area contributed by atoms with Crippen molar-refractivity contribution in [2.24, 2.45) is 0 Å². The summed E-state index contributed by atoms with van der Waals surface area (Å²) in [6.07, 6.45) is 1.86. The number of esters is 1. The molecule has 0 aromatic heterocycles. The normalized spacial score (nSPS) is 15.4. The zero-order valence-electron chi connectivity index (χ0n) is 13.4. The summed E-state index contributed by atoms with van der Waals surface area (Å²) in [6, 6.07) is 4.78. The van der Waals surface area contributed by atoms with E-state index in [1.807, 2.05) is 0 Å². The predicted octanol–water partition coefficient (Wildman–Crippen LogP) is 0.184. The summed E-state index contributed by atoms with van der Waals surface area (Å²) in [5.41, 5.74) is 0. The van der Waals surface area contributed by atoms with Crippen LogP contribution in [0.15, 0.2) is 29.2 Å². The van der Waals surface area contributed by atoms with Crippen molar-refractivity contribution < 1.29 is 27.5 Å². The molecular weight excluding hydrogens is 336 g/mol. The van der Waals surface area contributed by atoms with Crippen molar-refractivity contribution in [3.05, 3.63) is 24.3 Å². The van der Waals surface area contributed by atoms with Crippen LogP contribution in [0.25, 0.3) is 0 Å². The van der Waals surface area contributed by atoms with Crippen molar-refractivity contribution in [2.45, 2.75) is 36.7 Å². The van der Waals surface area contributed by atoms with Crippen LogP contribution in [0.2, 0.25) is 0 Å². The molecule has 8 nitrogen and oxygen atoms in total. The highest BCUT2D eigenvalue weighted by Crippen LogP contribution is 2.18. The predicted molar refractivity (Wildman–Crippen MR) is 84.9 cm³/mol. The Kier molecular flexibility index (Phi) is 5.79. The van der Waals surface area contributed by atoms with Crippen LogP contribution in [0.3, 0.4) is 0 Å². The van der Waals surface area contributed by atoms with Gasteiger partial charge in [-0.05, 0) is 44.0 Å². The molecule has 0 bridgehead atoms. The van der Waals surface area contributed by atoms with Gasteiger partial charge in [0.2, 0.25) is 10.0 Å². The number of carbonyl (C=O) groups is 2. The Morgan fingerprint density at radius 3 is 2.42 bits per heavy atom. The Balaban J connectivity index is 1.87. The second-order valence-electron chi connectivity index (χ2n) is 5.47. The summed E-state index contributed by atoms with van der Waals surface area (Å²) >= 11 is 0. The van der Waals surface area contributed by atoms with Gasteiger partial charge in [-0.25, -0.2) is 8.42 Å². The van der Waals surface area contributed by atoms with Crippen LogP contribution >= 0.6 is 0 Å². The number of sulfonamides is 1. The SMILES string of the molecule is COc1ccc(S(=O)(=O)N[C@@H](C)C(=O)OCC(=O)NC2CC2)cc1. The molecule has 0 saturated heterocycles. The number of rotatable bonds is 8. The quantitative estimate of drug-likeness (QED) is 0.643. The highest BCUT2D eigenvalue weighted by Gasteiger charge is 2.26. The van der Waals surface area contributed by atoms with Gasteiger partial charge in [-0.2, -0.15) is 4.72 Å². The van der Waals surface area contributed by atoms with Crippen LogP contribution in [0.4, 0.5) is 0 Å². The smallest absolute Gasteiger partial charge is 0.324 e. The Morgan fingerprint density at radius 1 is 1.25 bits per heavy atom. The average molecular weight is 356 g/mol. The van der Waals surface area contributed by atoms with Gasteiger partial charge < -0.3 is 14.8 Å². The molecule has 2 rings (SSSR count). The molecule has 1 saturated carbocycles. The first-order chi connectivity index (χ1) is 11.3. The van der Waals surface area contributed by atoms with E-state index in [4.69, 9.17) is 9.47 Å². The van der Waals surface area contributed by atoms with E-state index in [1.165, 1.54) is 38.3 Å². The number of hydrogen-bond acceptors (Lipinski definition) is 6. The zero-order valence-corrected chi connectivity index (χ0v) is 14.3. The molecule has 0 spiro atoms. The van der Waals surface area contributed by atoms with Gasteiger partial charge in [-0.1, -0.05) is 0 Å². The molecule has 1 aliphatic rings. The molecule has 2 N–H and O–H groups in total. The minimum Gasteiger partial charge on any atom is -0.497 e. The maximum Gasteiger partial charge on any atom is 0.324 e. The van der Waals surface area contributed by atoms with E-state index in [0.29, 0.717) is 5.75 Å². The van der Waals surface area contributed by atoms with E-state index in [9.17, 15) is 18.0 Å². The topological polar surface area (TPSA) is 111 Å². The lowest BCUT2D eigenvalue weighted by Crippen LogP contribution is -2.41. The first-order valence-corrected chi connectivity index (χ1v) is 8.92. The van der Waals surface area contributed by atoms with Gasteiger partial charge in [0, 0.05) is 6.04 Å². The first-order valence-electron chi connectivity index (χ1n) is 7.44. The van der Waals surface area contributed by atoms with Crippen LogP contribution in [0.5, 0.6) is 5.75 Å². The van der Waals surface area contributed by atoms with Crippen molar-refractivity contribution in [2.75, 3.05) is 13.7 Å². The van der Waals surface area contributed by atoms with E-state index in [-0.39, 0.29) is 10.9 Å². The summed E-state index contributed by atoms with van der Waals surface area (Å²) in [4.78, 5) is 23.3. The lowest BCUT2D eigenvalue weighted by Gasteiger charge is -2.14. The molecule has 0 radical (unpaired) electrons. The molecule has 1 aromatic rings. The van der Waals surface area contributed by atoms with Crippen molar-refractivity contribution in [3.63, 3.8) is 0 Å². The Morgan fingerprint density at radius 2 is 1.88 bits per heavy atom. The maximum absolute atomic E-state index is 12.2. The van der Waals surface area contributed by atoms with E-state index in [0.717, 1.165) is 12.8 Å². The van der Waals surface area contributed by atoms with Crippen LogP contribution in [-0.4, -0.2) is 46.1 Å². The number of amides is 1. The number of ether oxygens (including phenoxy) is 2. The summed E-state index contributed by atoms with van der Waals surface area (Å²) in [5.74, 6) is -0.697. The standard InChI is InChI=1S/C15H20N2O6S/c1-10(15(19)23-9-14(18)16-11-3-4-11)17-24(20,21)13-7-5-12(22-2)6-8-13/h5-8,10-11,17H,3-4,9H2,1-2H3,(H,16,18)/t10-/m0/s1. The molecule has 1 fully saturated rings. The maximum atomic E-state index is 12.2. The minimum absolute atomic E-state index is 0.00516. The molecule has 0 aliphatic heterocycles. The van der Waals surface area contributed by atoms with Gasteiger partial charge in [0.05, 0.1) is 12.0 Å². The largest absolute Gasteiger partial charge is 0.497 e. The van der Waals surface area contributed by atoms with Crippen molar-refractivity contribution >= 4 is 21.9 Å². The van der Waals surface area contributed by atoms with Crippen LogP contribution < -0.4 is 14.8 Å². The van der Waals surface area contributed by atoms with Gasteiger partial charge in [0.15, 0.2) is 6.61 Å². The van der Waals surface area contributed by atoms with Gasteiger partial charge >= 0.3 is 5.97 Å². The molecule has 132 valence electrons. The van der Waals surface area contributed by atoms with Crippen LogP contribution in [0.1, 0.15) is 19.8 Å². The van der Waals surface area contributed by atoms with Crippen molar-refractivity contribution in [3.8, 4) is 5.75 Å². The second-order valence-corrected chi connectivity index (χ2v) is 7.18. The van der Waals surface area contributed by atoms with E-state index in [1.54, 1.807) is 0 Å². The minimum atomic E-state index is -3.88. The highest BCUT2D eigenvalue weighted by molar-refractivity contribution is 7.89. The summed E-state index contributed by atoms with van der Waals surface area (Å²) in [6.45, 7) is 0.923. The molecule has 24 heavy (non-hydrogen) atoms. The lowest BCUT2D eigenvalue weighted by molar-refractivity contribution is -0.149. The molecule has 0 heterocycles. The Bertz CT molecular complexity index is 697. The van der Waals surface area contributed by atoms with Gasteiger partial charge in [-0.15, -0.1) is 0 Å². The Hall–Kier alpha value is -2.13. The molecule has 0 unspecified atom stereocenters. The van der Waals surface area contributed by atoms with Crippen LogP contribution in [0, 0.1) is 0 Å². The second kappa shape index (κ2) is 7.63. The van der Waals surface area contributed by atoms with Crippen molar-refractivity contribution in [1.82, 2.24) is 10.0 Å². The number of nitrogens with one attached hydrogen (secondary N) is 2. The van der Waals surface area contributed by atoms with Crippen molar-refractivity contribution in [1.29, 1.82) is 0 Å². The third-order valence-electron chi connectivity index (χ3n) is 3.34. The monoisotopic (exact) mass is 356 g/mol.